The van der Waals surface area contributed by atoms with Crippen molar-refractivity contribution in [2.45, 2.75) is 25.3 Å². The predicted molar refractivity (Wildman–Crippen MR) is 67.1 cm³/mol. The minimum atomic E-state index is -0.363. The van der Waals surface area contributed by atoms with Crippen molar-refractivity contribution in [2.75, 3.05) is 19.7 Å². The Morgan fingerprint density at radius 1 is 1.18 bits per heavy atom. The van der Waals surface area contributed by atoms with E-state index in [-0.39, 0.29) is 18.4 Å². The summed E-state index contributed by atoms with van der Waals surface area (Å²) in [6, 6.07) is 8.88. The van der Waals surface area contributed by atoms with Crippen LogP contribution in [0.4, 0.5) is 0 Å². The van der Waals surface area contributed by atoms with Crippen LogP contribution >= 0.6 is 0 Å². The lowest BCUT2D eigenvalue weighted by molar-refractivity contribution is 0.0652. The molecule has 1 unspecified atom stereocenters. The van der Waals surface area contributed by atoms with Gasteiger partial charge in [-0.2, -0.15) is 0 Å². The van der Waals surface area contributed by atoms with Gasteiger partial charge in [-0.05, 0) is 25.9 Å². The molecule has 1 saturated heterocycles. The minimum absolute atomic E-state index is 0.0370. The third-order valence-electron chi connectivity index (χ3n) is 3.37. The summed E-state index contributed by atoms with van der Waals surface area (Å²) < 4.78 is 0. The van der Waals surface area contributed by atoms with Crippen LogP contribution in [0.15, 0.2) is 30.3 Å². The molecule has 1 fully saturated rings. The molecular weight excluding hydrogens is 214 g/mol. The Morgan fingerprint density at radius 3 is 2.41 bits per heavy atom. The SMILES string of the molecule is O=C(c1ccccc1)C(CO)N1CCCCC1. The first-order chi connectivity index (χ1) is 8.33. The van der Waals surface area contributed by atoms with Gasteiger partial charge in [0.25, 0.3) is 0 Å². The molecule has 1 aromatic carbocycles. The standard InChI is InChI=1S/C14H19NO2/c16-11-13(15-9-5-2-6-10-15)14(17)12-7-3-1-4-8-12/h1,3-4,7-8,13,16H,2,5-6,9-11H2. The fraction of sp³-hybridized carbons (Fsp3) is 0.500. The second kappa shape index (κ2) is 5.94. The van der Waals surface area contributed by atoms with E-state index in [0.717, 1.165) is 25.9 Å². The van der Waals surface area contributed by atoms with Gasteiger partial charge in [0.1, 0.15) is 0 Å². The number of nitrogens with zero attached hydrogens (tertiary/aromatic N) is 1. The summed E-state index contributed by atoms with van der Waals surface area (Å²) in [6.07, 6.45) is 3.48. The Balaban J connectivity index is 2.09. The van der Waals surface area contributed by atoms with E-state index in [9.17, 15) is 9.90 Å². The molecule has 3 nitrogen and oxygen atoms in total. The molecule has 1 N–H and O–H groups in total. The first-order valence-electron chi connectivity index (χ1n) is 6.27. The maximum Gasteiger partial charge on any atom is 0.182 e. The number of aliphatic hydroxyl groups is 1. The van der Waals surface area contributed by atoms with E-state index >= 15 is 0 Å². The normalized spacial score (nSPS) is 18.9. The molecule has 17 heavy (non-hydrogen) atoms. The lowest BCUT2D eigenvalue weighted by Crippen LogP contribution is -2.46. The molecule has 1 aliphatic rings. The summed E-state index contributed by atoms with van der Waals surface area (Å²) in [7, 11) is 0. The zero-order chi connectivity index (χ0) is 12.1. The quantitative estimate of drug-likeness (QED) is 0.805. The monoisotopic (exact) mass is 233 g/mol. The average Bonchev–Trinajstić information content (AvgIpc) is 2.42. The van der Waals surface area contributed by atoms with E-state index in [4.69, 9.17) is 0 Å². The molecular formula is C14H19NO2. The fourth-order valence-electron chi connectivity index (χ4n) is 2.39. The molecule has 0 saturated carbocycles. The molecule has 0 spiro atoms. The largest absolute Gasteiger partial charge is 0.394 e. The number of benzene rings is 1. The number of carbonyl (C=O) groups is 1. The number of piperidine rings is 1. The summed E-state index contributed by atoms with van der Waals surface area (Å²) in [5, 5.41) is 9.45. The van der Waals surface area contributed by atoms with Crippen molar-refractivity contribution in [1.82, 2.24) is 4.90 Å². The van der Waals surface area contributed by atoms with Gasteiger partial charge in [0.2, 0.25) is 0 Å². The Bertz CT molecular complexity index is 358. The summed E-state index contributed by atoms with van der Waals surface area (Å²) >= 11 is 0. The van der Waals surface area contributed by atoms with Crippen molar-refractivity contribution >= 4 is 5.78 Å². The number of hydrogen-bond donors (Lipinski definition) is 1. The predicted octanol–water partition coefficient (Wildman–Crippen LogP) is 1.72. The van der Waals surface area contributed by atoms with Crippen LogP contribution in [0.1, 0.15) is 29.6 Å². The van der Waals surface area contributed by atoms with Gasteiger partial charge >= 0.3 is 0 Å². The maximum atomic E-state index is 12.3. The van der Waals surface area contributed by atoms with Crippen molar-refractivity contribution in [3.05, 3.63) is 35.9 Å². The lowest BCUT2D eigenvalue weighted by Gasteiger charge is -2.32. The van der Waals surface area contributed by atoms with E-state index in [1.165, 1.54) is 6.42 Å². The molecule has 3 heteroatoms. The van der Waals surface area contributed by atoms with E-state index in [2.05, 4.69) is 4.90 Å². The van der Waals surface area contributed by atoms with Crippen molar-refractivity contribution < 1.29 is 9.90 Å². The number of likely N-dealkylation sites (tertiary alicyclic amines) is 1. The zero-order valence-corrected chi connectivity index (χ0v) is 10.0. The van der Waals surface area contributed by atoms with Gasteiger partial charge in [0.15, 0.2) is 5.78 Å². The van der Waals surface area contributed by atoms with Crippen LogP contribution in [-0.2, 0) is 0 Å². The number of rotatable bonds is 4. The Morgan fingerprint density at radius 2 is 1.82 bits per heavy atom. The third-order valence-corrected chi connectivity index (χ3v) is 3.37. The molecule has 2 rings (SSSR count). The molecule has 1 heterocycles. The van der Waals surface area contributed by atoms with Gasteiger partial charge in [-0.15, -0.1) is 0 Å². The highest BCUT2D eigenvalue weighted by Crippen LogP contribution is 2.15. The first kappa shape index (κ1) is 12.3. The third kappa shape index (κ3) is 2.93. The Labute approximate surface area is 102 Å². The van der Waals surface area contributed by atoms with Gasteiger partial charge in [-0.25, -0.2) is 0 Å². The average molecular weight is 233 g/mol. The number of aliphatic hydroxyl groups excluding tert-OH is 1. The number of hydrogen-bond acceptors (Lipinski definition) is 3. The second-order valence-electron chi connectivity index (χ2n) is 4.53. The highest BCUT2D eigenvalue weighted by Gasteiger charge is 2.26. The molecule has 92 valence electrons. The fourth-order valence-corrected chi connectivity index (χ4v) is 2.39. The van der Waals surface area contributed by atoms with Crippen LogP contribution in [0.2, 0.25) is 0 Å². The van der Waals surface area contributed by atoms with E-state index in [0.29, 0.717) is 5.56 Å². The zero-order valence-electron chi connectivity index (χ0n) is 10.0. The van der Waals surface area contributed by atoms with Crippen LogP contribution in [0.5, 0.6) is 0 Å². The van der Waals surface area contributed by atoms with Crippen molar-refractivity contribution in [2.24, 2.45) is 0 Å². The van der Waals surface area contributed by atoms with Crippen LogP contribution in [0, 0.1) is 0 Å². The summed E-state index contributed by atoms with van der Waals surface area (Å²) in [4.78, 5) is 14.4. The molecule has 1 aromatic rings. The number of ketones is 1. The van der Waals surface area contributed by atoms with Crippen LogP contribution in [0.3, 0.4) is 0 Å². The van der Waals surface area contributed by atoms with Gasteiger partial charge in [0.05, 0.1) is 12.6 Å². The molecule has 0 amide bonds. The molecule has 0 aromatic heterocycles. The maximum absolute atomic E-state index is 12.3. The Hall–Kier alpha value is -1.19. The molecule has 0 bridgehead atoms. The van der Waals surface area contributed by atoms with Crippen LogP contribution in [0.25, 0.3) is 0 Å². The van der Waals surface area contributed by atoms with E-state index in [1.54, 1.807) is 0 Å². The van der Waals surface area contributed by atoms with Gasteiger partial charge in [-0.1, -0.05) is 36.8 Å². The summed E-state index contributed by atoms with van der Waals surface area (Å²) in [6.45, 7) is 1.75. The van der Waals surface area contributed by atoms with Crippen molar-refractivity contribution in [3.63, 3.8) is 0 Å². The first-order valence-corrected chi connectivity index (χ1v) is 6.27. The highest BCUT2D eigenvalue weighted by molar-refractivity contribution is 6.00. The topological polar surface area (TPSA) is 40.5 Å². The molecule has 1 aliphatic heterocycles. The Kier molecular flexibility index (Phi) is 4.29. The van der Waals surface area contributed by atoms with Crippen molar-refractivity contribution in [1.29, 1.82) is 0 Å². The van der Waals surface area contributed by atoms with Crippen molar-refractivity contribution in [3.8, 4) is 0 Å². The van der Waals surface area contributed by atoms with Gasteiger partial charge in [-0.3, -0.25) is 9.69 Å². The molecule has 0 radical (unpaired) electrons. The lowest BCUT2D eigenvalue weighted by atomic mass is 10.0. The minimum Gasteiger partial charge on any atom is -0.394 e. The summed E-state index contributed by atoms with van der Waals surface area (Å²) in [5.41, 5.74) is 0.692. The van der Waals surface area contributed by atoms with Crippen LogP contribution < -0.4 is 0 Å². The summed E-state index contributed by atoms with van der Waals surface area (Å²) in [5.74, 6) is 0.0370. The smallest absolute Gasteiger partial charge is 0.182 e. The van der Waals surface area contributed by atoms with E-state index in [1.807, 2.05) is 30.3 Å². The van der Waals surface area contributed by atoms with Crippen LogP contribution in [-0.4, -0.2) is 41.5 Å². The number of Topliss-reactive ketones (excluding diaryl/α,β-unsaturated/α-hetero) is 1. The molecule has 0 aliphatic carbocycles. The van der Waals surface area contributed by atoms with Gasteiger partial charge in [0, 0.05) is 5.56 Å². The molecule has 1 atom stereocenters. The second-order valence-corrected chi connectivity index (χ2v) is 4.53. The van der Waals surface area contributed by atoms with E-state index < -0.39 is 0 Å². The highest BCUT2D eigenvalue weighted by atomic mass is 16.3. The van der Waals surface area contributed by atoms with Gasteiger partial charge < -0.3 is 5.11 Å². The number of carbonyl (C=O) groups excluding carboxylic acids is 1.